The number of amides is 5. The largest absolute Gasteiger partial charge is 0.483 e. The summed E-state index contributed by atoms with van der Waals surface area (Å²) in [5.74, 6) is -1.34. The Bertz CT molecular complexity index is 1720. The minimum absolute atomic E-state index is 0.00202. The maximum absolute atomic E-state index is 13.9. The first-order chi connectivity index (χ1) is 26.1. The van der Waals surface area contributed by atoms with Crippen LogP contribution in [0.25, 0.3) is 10.9 Å². The third-order valence-corrected chi connectivity index (χ3v) is 10.9. The number of pyridine rings is 1. The predicted molar refractivity (Wildman–Crippen MR) is 196 cm³/mol. The van der Waals surface area contributed by atoms with Crippen molar-refractivity contribution >= 4 is 46.6 Å². The van der Waals surface area contributed by atoms with Crippen LogP contribution in [0.4, 0.5) is 4.79 Å². The van der Waals surface area contributed by atoms with E-state index in [0.29, 0.717) is 36.4 Å². The number of likely N-dealkylation sites (tertiary alicyclic amines) is 1. The predicted octanol–water partition coefficient (Wildman–Crippen LogP) is 3.10. The number of fused-ring (bicyclic) bond motifs is 1. The molecule has 2 aliphatic heterocycles. The van der Waals surface area contributed by atoms with Crippen LogP contribution in [-0.2, 0) is 28.7 Å². The quantitative estimate of drug-likeness (QED) is 0.273. The number of hydrogen-bond acceptors (Lipinski definition) is 10. The van der Waals surface area contributed by atoms with E-state index in [1.807, 2.05) is 13.0 Å². The summed E-state index contributed by atoms with van der Waals surface area (Å²) >= 11 is 0. The zero-order chi connectivity index (χ0) is 38.2. The van der Waals surface area contributed by atoms with E-state index in [4.69, 9.17) is 14.2 Å². The van der Waals surface area contributed by atoms with Gasteiger partial charge in [-0.15, -0.1) is 0 Å². The molecule has 2 N–H and O–H groups in total. The third kappa shape index (κ3) is 9.58. The summed E-state index contributed by atoms with van der Waals surface area (Å²) in [6.07, 6.45) is 6.95. The summed E-state index contributed by atoms with van der Waals surface area (Å²) in [6, 6.07) is 5.47. The Morgan fingerprint density at radius 1 is 0.889 bits per heavy atom. The third-order valence-electron chi connectivity index (χ3n) is 10.9. The van der Waals surface area contributed by atoms with Gasteiger partial charge in [0.2, 0.25) is 11.8 Å². The fraction of sp³-hybridized carbons (Fsp3) is 0.615. The summed E-state index contributed by atoms with van der Waals surface area (Å²) in [5.41, 5.74) is 1.32. The number of esters is 1. The Labute approximate surface area is 315 Å². The Kier molecular flexibility index (Phi) is 12.9. The van der Waals surface area contributed by atoms with Crippen LogP contribution in [0, 0.1) is 12.8 Å². The smallest absolute Gasteiger partial charge is 0.409 e. The minimum atomic E-state index is -1.08. The monoisotopic (exact) mass is 748 g/mol. The van der Waals surface area contributed by atoms with Gasteiger partial charge in [0.1, 0.15) is 23.5 Å². The molecule has 2 saturated heterocycles. The molecule has 3 heterocycles. The van der Waals surface area contributed by atoms with E-state index in [0.717, 1.165) is 50.5 Å². The zero-order valence-electron chi connectivity index (χ0n) is 31.3. The topological polar surface area (TPSA) is 177 Å². The van der Waals surface area contributed by atoms with Gasteiger partial charge >= 0.3 is 12.1 Å². The lowest BCUT2D eigenvalue weighted by atomic mass is 9.86. The van der Waals surface area contributed by atoms with Crippen LogP contribution in [-0.4, -0.2) is 126 Å². The van der Waals surface area contributed by atoms with Crippen molar-refractivity contribution in [3.8, 4) is 5.75 Å². The Morgan fingerprint density at radius 2 is 1.63 bits per heavy atom. The molecule has 4 fully saturated rings. The lowest BCUT2D eigenvalue weighted by molar-refractivity contribution is -0.146. The maximum atomic E-state index is 13.9. The van der Waals surface area contributed by atoms with Crippen molar-refractivity contribution in [3.05, 3.63) is 35.5 Å². The summed E-state index contributed by atoms with van der Waals surface area (Å²) in [7, 11) is 0. The van der Waals surface area contributed by atoms with Gasteiger partial charge in [-0.25, -0.2) is 9.78 Å². The highest BCUT2D eigenvalue weighted by molar-refractivity contribution is 5.99. The first-order valence-electron chi connectivity index (χ1n) is 19.4. The molecule has 2 saturated carbocycles. The van der Waals surface area contributed by atoms with Crippen molar-refractivity contribution < 1.29 is 43.0 Å². The van der Waals surface area contributed by atoms with Gasteiger partial charge in [0.25, 0.3) is 11.8 Å². The van der Waals surface area contributed by atoms with E-state index in [1.54, 1.807) is 28.9 Å². The van der Waals surface area contributed by atoms with Crippen LogP contribution in [0.2, 0.25) is 0 Å². The van der Waals surface area contributed by atoms with Gasteiger partial charge in [0.05, 0.1) is 18.7 Å². The highest BCUT2D eigenvalue weighted by atomic mass is 16.6. The second-order valence-corrected chi connectivity index (χ2v) is 14.8. The van der Waals surface area contributed by atoms with E-state index in [-0.39, 0.29) is 87.4 Å². The molecule has 0 bridgehead atoms. The van der Waals surface area contributed by atoms with Crippen molar-refractivity contribution in [1.82, 2.24) is 30.3 Å². The lowest BCUT2D eigenvalue weighted by Crippen LogP contribution is -2.56. The van der Waals surface area contributed by atoms with Crippen LogP contribution in [0.5, 0.6) is 5.75 Å². The van der Waals surface area contributed by atoms with E-state index in [2.05, 4.69) is 15.6 Å². The molecule has 0 radical (unpaired) electrons. The Morgan fingerprint density at radius 3 is 2.31 bits per heavy atom. The molecular formula is C39H52N6O9. The summed E-state index contributed by atoms with van der Waals surface area (Å²) in [5, 5.41) is 6.45. The second kappa shape index (κ2) is 17.9. The van der Waals surface area contributed by atoms with Crippen LogP contribution < -0.4 is 15.4 Å². The van der Waals surface area contributed by atoms with Crippen LogP contribution in [0.15, 0.2) is 24.3 Å². The van der Waals surface area contributed by atoms with Crippen molar-refractivity contribution in [2.45, 2.75) is 96.2 Å². The fourth-order valence-corrected chi connectivity index (χ4v) is 7.19. The van der Waals surface area contributed by atoms with Gasteiger partial charge in [-0.05, 0) is 88.8 Å². The Balaban J connectivity index is 1.15. The number of hydrogen-bond donors (Lipinski definition) is 2. The number of nitrogens with one attached hydrogen (secondary N) is 2. The molecule has 0 unspecified atom stereocenters. The molecule has 2 atom stereocenters. The molecule has 4 aliphatic rings. The van der Waals surface area contributed by atoms with Crippen LogP contribution >= 0.6 is 0 Å². The van der Waals surface area contributed by atoms with Crippen molar-refractivity contribution in [3.63, 3.8) is 0 Å². The van der Waals surface area contributed by atoms with Gasteiger partial charge in [-0.2, -0.15) is 0 Å². The number of aryl methyl sites for hydroxylation is 1. The lowest BCUT2D eigenvalue weighted by Gasteiger charge is -2.36. The number of aromatic nitrogens is 1. The molecule has 0 spiro atoms. The molecular weight excluding hydrogens is 696 g/mol. The van der Waals surface area contributed by atoms with Gasteiger partial charge in [0.15, 0.2) is 6.61 Å². The van der Waals surface area contributed by atoms with E-state index >= 15 is 0 Å². The molecule has 15 heteroatoms. The number of carbonyl (C=O) groups is 6. The highest BCUT2D eigenvalue weighted by Crippen LogP contribution is 2.29. The number of piperazine rings is 1. The van der Waals surface area contributed by atoms with Gasteiger partial charge in [0, 0.05) is 56.6 Å². The fourth-order valence-electron chi connectivity index (χ4n) is 7.19. The van der Waals surface area contributed by atoms with Crippen LogP contribution in [0.1, 0.15) is 87.2 Å². The number of carbonyl (C=O) groups excluding carboxylic acids is 6. The molecule has 5 amide bonds. The molecule has 2 aromatic rings. The molecule has 1 aromatic carbocycles. The zero-order valence-corrected chi connectivity index (χ0v) is 31.3. The first-order valence-corrected chi connectivity index (χ1v) is 19.4. The molecule has 2 aliphatic carbocycles. The van der Waals surface area contributed by atoms with E-state index in [1.165, 1.54) is 11.0 Å². The number of ether oxygens (including phenoxy) is 3. The van der Waals surface area contributed by atoms with E-state index in [9.17, 15) is 28.8 Å². The molecule has 15 nitrogen and oxygen atoms in total. The standard InChI is InChI=1S/C39H52N6O9/c1-3-52-39(51)44-19-17-43(18-20-44)38(50)29(14-15-35(47)54-23-26-7-4-8-26)42-36(48)31-22-33(28-13-12-25(2)21-30(28)41-31)53-24-34(46)45-16-6-11-32(45)37(49)40-27-9-5-10-27/h12-13,21-22,26-27,29,32H,3-11,14-20,23-24H2,1-2H3,(H,40,49)(H,42,48)/t29-,32-/m0/s1. The molecule has 1 aromatic heterocycles. The summed E-state index contributed by atoms with van der Waals surface area (Å²) < 4.78 is 16.6. The normalized spacial score (nSPS) is 19.4. The maximum Gasteiger partial charge on any atom is 0.409 e. The van der Waals surface area contributed by atoms with Crippen molar-refractivity contribution in [2.24, 2.45) is 5.92 Å². The van der Waals surface area contributed by atoms with Gasteiger partial charge in [-0.1, -0.05) is 12.5 Å². The van der Waals surface area contributed by atoms with Crippen molar-refractivity contribution in [1.29, 1.82) is 0 Å². The number of benzene rings is 1. The second-order valence-electron chi connectivity index (χ2n) is 14.8. The average Bonchev–Trinajstić information content (AvgIpc) is 3.63. The molecule has 6 rings (SSSR count). The van der Waals surface area contributed by atoms with Crippen molar-refractivity contribution in [2.75, 3.05) is 52.5 Å². The number of nitrogens with zero attached hydrogens (tertiary/aromatic N) is 4. The molecule has 292 valence electrons. The van der Waals surface area contributed by atoms with Crippen LogP contribution in [0.3, 0.4) is 0 Å². The summed E-state index contributed by atoms with van der Waals surface area (Å²) in [6.45, 7) is 5.31. The number of rotatable bonds is 14. The van der Waals surface area contributed by atoms with Gasteiger partial charge in [-0.3, -0.25) is 24.0 Å². The van der Waals surface area contributed by atoms with Gasteiger partial charge < -0.3 is 39.5 Å². The van der Waals surface area contributed by atoms with E-state index < -0.39 is 30.1 Å². The highest BCUT2D eigenvalue weighted by Gasteiger charge is 2.36. The summed E-state index contributed by atoms with van der Waals surface area (Å²) in [4.78, 5) is 88.4. The Hall–Kier alpha value is -4.95. The minimum Gasteiger partial charge on any atom is -0.483 e. The SMILES string of the molecule is CCOC(=O)N1CCN(C(=O)[C@H](CCC(=O)OCC2CCC2)NC(=O)c2cc(OCC(=O)N3CCC[C@H]3C(=O)NC3CCC3)c3ccc(C)cc3n2)CC1. The molecule has 54 heavy (non-hydrogen) atoms. The average molecular weight is 749 g/mol. The first kappa shape index (κ1) is 38.8.